The maximum atomic E-state index is 4.64. The molecule has 0 saturated carbocycles. The lowest BCUT2D eigenvalue weighted by Gasteiger charge is -2.19. The molecular formula is C23H24N2. The molecule has 0 unspecified atom stereocenters. The molecule has 0 bridgehead atoms. The van der Waals surface area contributed by atoms with Crippen molar-refractivity contribution < 1.29 is 0 Å². The van der Waals surface area contributed by atoms with E-state index in [1.807, 2.05) is 25.5 Å². The lowest BCUT2D eigenvalue weighted by atomic mass is 9.86. The first-order chi connectivity index (χ1) is 12.3. The zero-order valence-corrected chi connectivity index (χ0v) is 14.9. The Balaban J connectivity index is 2.14. The van der Waals surface area contributed by atoms with Gasteiger partial charge in [-0.05, 0) is 48.5 Å². The number of benzene rings is 1. The predicted octanol–water partition coefficient (Wildman–Crippen LogP) is 5.61. The van der Waals surface area contributed by atoms with Gasteiger partial charge < -0.3 is 0 Å². The van der Waals surface area contributed by atoms with Crippen molar-refractivity contribution in [1.82, 2.24) is 0 Å². The third-order valence-corrected chi connectivity index (χ3v) is 4.54. The van der Waals surface area contributed by atoms with E-state index in [0.717, 1.165) is 30.5 Å². The third kappa shape index (κ3) is 3.85. The minimum absolute atomic E-state index is 0.831. The molecule has 1 aliphatic heterocycles. The molecule has 2 nitrogen and oxygen atoms in total. The maximum absolute atomic E-state index is 4.64. The molecule has 0 radical (unpaired) electrons. The lowest BCUT2D eigenvalue weighted by Crippen LogP contribution is -2.11. The molecule has 1 aliphatic carbocycles. The summed E-state index contributed by atoms with van der Waals surface area (Å²) in [7, 11) is 1.87. The Bertz CT molecular complexity index is 828. The number of aliphatic imine (C=N–C) groups is 2. The van der Waals surface area contributed by atoms with Gasteiger partial charge in [0.25, 0.3) is 0 Å². The van der Waals surface area contributed by atoms with Crippen molar-refractivity contribution in [3.8, 4) is 0 Å². The fourth-order valence-corrected chi connectivity index (χ4v) is 3.37. The minimum atomic E-state index is 0.831. The van der Waals surface area contributed by atoms with Crippen LogP contribution in [0, 0.1) is 0 Å². The van der Waals surface area contributed by atoms with Crippen LogP contribution < -0.4 is 0 Å². The smallest absolute Gasteiger partial charge is 0.0685 e. The molecule has 0 saturated heterocycles. The summed E-state index contributed by atoms with van der Waals surface area (Å²) in [6.07, 6.45) is 17.8. The maximum Gasteiger partial charge on any atom is 0.0685 e. The third-order valence-electron chi connectivity index (χ3n) is 4.54. The molecule has 2 aliphatic rings. The molecule has 0 spiro atoms. The molecule has 3 rings (SSSR count). The molecule has 1 aromatic rings. The lowest BCUT2D eigenvalue weighted by molar-refractivity contribution is 0.973. The van der Waals surface area contributed by atoms with E-state index in [1.54, 1.807) is 0 Å². The van der Waals surface area contributed by atoms with E-state index in [2.05, 4.69) is 71.6 Å². The Morgan fingerprint density at radius 3 is 2.68 bits per heavy atom. The molecule has 0 N–H and O–H groups in total. The van der Waals surface area contributed by atoms with Gasteiger partial charge >= 0.3 is 0 Å². The molecule has 126 valence electrons. The van der Waals surface area contributed by atoms with E-state index < -0.39 is 0 Å². The summed E-state index contributed by atoms with van der Waals surface area (Å²) in [5.74, 6) is 0. The van der Waals surface area contributed by atoms with Crippen LogP contribution in [0.3, 0.4) is 0 Å². The van der Waals surface area contributed by atoms with Gasteiger partial charge in [-0.25, -0.2) is 0 Å². The van der Waals surface area contributed by atoms with Gasteiger partial charge in [0.2, 0.25) is 0 Å². The quantitative estimate of drug-likeness (QED) is 0.642. The van der Waals surface area contributed by atoms with Crippen molar-refractivity contribution in [2.75, 3.05) is 7.05 Å². The van der Waals surface area contributed by atoms with Crippen molar-refractivity contribution in [3.63, 3.8) is 0 Å². The van der Waals surface area contributed by atoms with Crippen LogP contribution in [-0.4, -0.2) is 19.0 Å². The number of allylic oxidation sites excluding steroid dienone is 9. The summed E-state index contributed by atoms with van der Waals surface area (Å²) in [5, 5.41) is 0. The molecule has 1 aromatic carbocycles. The Morgan fingerprint density at radius 2 is 2.00 bits per heavy atom. The molecule has 0 atom stereocenters. The first kappa shape index (κ1) is 17.1. The van der Waals surface area contributed by atoms with Gasteiger partial charge in [0.1, 0.15) is 0 Å². The van der Waals surface area contributed by atoms with Crippen LogP contribution in [0.4, 0.5) is 0 Å². The summed E-state index contributed by atoms with van der Waals surface area (Å²) < 4.78 is 0. The van der Waals surface area contributed by atoms with E-state index in [9.17, 15) is 0 Å². The molecular weight excluding hydrogens is 304 g/mol. The van der Waals surface area contributed by atoms with Gasteiger partial charge in [0.15, 0.2) is 0 Å². The molecule has 1 heterocycles. The largest absolute Gasteiger partial charge is 0.288 e. The minimum Gasteiger partial charge on any atom is -0.288 e. The standard InChI is InChI=1S/C23H24N2/c1-3-20(18-11-6-4-7-12-18)22-17-25-16-10-15-21(22)23(24-2)19-13-8-5-9-14-19/h3-6,8-11,13-14,16-17H,7,12,15H2,1-2H3/b20-3+,24-23?. The highest BCUT2D eigenvalue weighted by Crippen LogP contribution is 2.31. The van der Waals surface area contributed by atoms with Crippen LogP contribution in [0.2, 0.25) is 0 Å². The summed E-state index contributed by atoms with van der Waals surface area (Å²) in [5.41, 5.74) is 7.24. The second-order valence-electron chi connectivity index (χ2n) is 6.06. The van der Waals surface area contributed by atoms with Gasteiger partial charge in [-0.3, -0.25) is 9.98 Å². The van der Waals surface area contributed by atoms with Gasteiger partial charge in [-0.1, -0.05) is 60.7 Å². The fourth-order valence-electron chi connectivity index (χ4n) is 3.37. The number of hydrogen-bond acceptors (Lipinski definition) is 2. The number of rotatable bonds is 4. The van der Waals surface area contributed by atoms with Crippen molar-refractivity contribution in [2.24, 2.45) is 9.98 Å². The molecule has 0 fully saturated rings. The van der Waals surface area contributed by atoms with Crippen LogP contribution in [0.5, 0.6) is 0 Å². The molecule has 2 heteroatoms. The van der Waals surface area contributed by atoms with Crippen LogP contribution in [0.25, 0.3) is 0 Å². The SMILES string of the molecule is C/C=C(\C1=CC=CCC1)C1=C(C(=NC)c2ccccc2)CC=CN=C1. The zero-order chi connectivity index (χ0) is 17.5. The van der Waals surface area contributed by atoms with E-state index in [4.69, 9.17) is 0 Å². The summed E-state index contributed by atoms with van der Waals surface area (Å²) >= 11 is 0. The number of nitrogens with zero attached hydrogens (tertiary/aromatic N) is 2. The average molecular weight is 328 g/mol. The monoisotopic (exact) mass is 328 g/mol. The van der Waals surface area contributed by atoms with Gasteiger partial charge in [-0.15, -0.1) is 0 Å². The fraction of sp³-hybridized carbons (Fsp3) is 0.217. The molecule has 0 amide bonds. The molecule has 25 heavy (non-hydrogen) atoms. The highest BCUT2D eigenvalue weighted by atomic mass is 14.7. The van der Waals surface area contributed by atoms with E-state index in [1.165, 1.54) is 22.3 Å². The Hall–Kier alpha value is -2.74. The van der Waals surface area contributed by atoms with Crippen molar-refractivity contribution in [3.05, 3.63) is 94.8 Å². The highest BCUT2D eigenvalue weighted by Gasteiger charge is 2.19. The first-order valence-electron chi connectivity index (χ1n) is 8.81. The summed E-state index contributed by atoms with van der Waals surface area (Å²) in [6, 6.07) is 10.4. The zero-order valence-electron chi connectivity index (χ0n) is 14.9. The Labute approximate surface area is 150 Å². The van der Waals surface area contributed by atoms with Crippen LogP contribution >= 0.6 is 0 Å². The average Bonchev–Trinajstić information content (AvgIpc) is 2.91. The second kappa shape index (κ2) is 8.39. The molecule has 0 aromatic heterocycles. The summed E-state index contributed by atoms with van der Waals surface area (Å²) in [4.78, 5) is 9.11. The topological polar surface area (TPSA) is 24.7 Å². The van der Waals surface area contributed by atoms with Crippen LogP contribution in [0.1, 0.15) is 31.7 Å². The van der Waals surface area contributed by atoms with Crippen LogP contribution in [-0.2, 0) is 0 Å². The van der Waals surface area contributed by atoms with Crippen molar-refractivity contribution in [1.29, 1.82) is 0 Å². The van der Waals surface area contributed by atoms with Crippen molar-refractivity contribution in [2.45, 2.75) is 26.2 Å². The van der Waals surface area contributed by atoms with E-state index >= 15 is 0 Å². The Morgan fingerprint density at radius 1 is 1.16 bits per heavy atom. The second-order valence-corrected chi connectivity index (χ2v) is 6.06. The van der Waals surface area contributed by atoms with E-state index in [0.29, 0.717) is 0 Å². The van der Waals surface area contributed by atoms with Gasteiger partial charge in [0.05, 0.1) is 5.71 Å². The van der Waals surface area contributed by atoms with E-state index in [-0.39, 0.29) is 0 Å². The Kier molecular flexibility index (Phi) is 5.73. The number of hydrogen-bond donors (Lipinski definition) is 0. The first-order valence-corrected chi connectivity index (χ1v) is 8.81. The van der Waals surface area contributed by atoms with Crippen LogP contribution in [0.15, 0.2) is 99.2 Å². The normalized spacial score (nSPS) is 18.4. The predicted molar refractivity (Wildman–Crippen MR) is 108 cm³/mol. The summed E-state index contributed by atoms with van der Waals surface area (Å²) in [6.45, 7) is 2.11. The van der Waals surface area contributed by atoms with Crippen molar-refractivity contribution >= 4 is 11.9 Å². The van der Waals surface area contributed by atoms with Gasteiger partial charge in [-0.2, -0.15) is 0 Å². The highest BCUT2D eigenvalue weighted by molar-refractivity contribution is 6.16. The van der Waals surface area contributed by atoms with Gasteiger partial charge in [0, 0.05) is 25.0 Å².